The molecule has 0 spiro atoms. The second-order valence-corrected chi connectivity index (χ2v) is 9.50. The van der Waals surface area contributed by atoms with Crippen molar-refractivity contribution in [3.63, 3.8) is 0 Å². The highest BCUT2D eigenvalue weighted by Gasteiger charge is 2.60. The van der Waals surface area contributed by atoms with Gasteiger partial charge in [0.1, 0.15) is 17.3 Å². The Hall–Kier alpha value is -3.59. The number of nitrogens with one attached hydrogen (secondary N) is 1. The average Bonchev–Trinajstić information content (AvgIpc) is 3.26. The van der Waals surface area contributed by atoms with Gasteiger partial charge in [-0.05, 0) is 49.8 Å². The molecule has 0 radical (unpaired) electrons. The quantitative estimate of drug-likeness (QED) is 0.526. The van der Waals surface area contributed by atoms with E-state index in [0.717, 1.165) is 17.5 Å². The van der Waals surface area contributed by atoms with E-state index < -0.39 is 17.4 Å². The van der Waals surface area contributed by atoms with Gasteiger partial charge in [-0.1, -0.05) is 19.1 Å². The fourth-order valence-electron chi connectivity index (χ4n) is 5.34. The van der Waals surface area contributed by atoms with Crippen LogP contribution in [0.1, 0.15) is 36.7 Å². The molecule has 2 aromatic carbocycles. The predicted octanol–water partition coefficient (Wildman–Crippen LogP) is 3.64. The summed E-state index contributed by atoms with van der Waals surface area (Å²) in [6.45, 7) is 5.46. The molecule has 9 heteroatoms. The maximum atomic E-state index is 14.5. The number of urea groups is 1. The van der Waals surface area contributed by atoms with Crippen LogP contribution in [-0.4, -0.2) is 76.1 Å². The number of rotatable bonds is 6. The van der Waals surface area contributed by atoms with Gasteiger partial charge in [0.15, 0.2) is 11.6 Å². The zero-order valence-corrected chi connectivity index (χ0v) is 20.3. The molecule has 35 heavy (non-hydrogen) atoms. The Morgan fingerprint density at radius 1 is 1.29 bits per heavy atom. The van der Waals surface area contributed by atoms with Crippen LogP contribution in [0.4, 0.5) is 9.18 Å². The lowest BCUT2D eigenvalue weighted by atomic mass is 9.81. The van der Waals surface area contributed by atoms with Gasteiger partial charge in [0.2, 0.25) is 0 Å². The van der Waals surface area contributed by atoms with Gasteiger partial charge in [0, 0.05) is 42.2 Å². The topological polar surface area (TPSA) is 89.1 Å². The molecule has 2 aliphatic heterocycles. The number of nitrogens with zero attached hydrogens (tertiary/aromatic N) is 3. The molecule has 184 valence electrons. The monoisotopic (exact) mass is 480 g/mol. The average molecular weight is 481 g/mol. The Kier molecular flexibility index (Phi) is 5.47. The number of phenolic OH excluding ortho intramolecular Hbond substituents is 1. The van der Waals surface area contributed by atoms with Crippen molar-refractivity contribution < 1.29 is 23.8 Å². The summed E-state index contributed by atoms with van der Waals surface area (Å²) in [5.74, 6) is -0.595. The zero-order chi connectivity index (χ0) is 25.1. The van der Waals surface area contributed by atoms with Gasteiger partial charge < -0.3 is 19.7 Å². The summed E-state index contributed by atoms with van der Waals surface area (Å²) in [4.78, 5) is 35.8. The second-order valence-electron chi connectivity index (χ2n) is 9.50. The molecule has 3 heterocycles. The standard InChI is InChI=1S/C26H29FN4O4/c1-5-29(3)9-10-30-24(33)26(2)14-18-17-12-21(35-4)19(27)13-20(17)28-22(18)23(31(26)25(30)34)15-7-6-8-16(32)11-15/h6-8,11-13,23,28,32H,5,9-10,14H2,1-4H3. The number of likely N-dealkylation sites (N-methyl/N-ethyl adjacent to an activating group) is 1. The first kappa shape index (κ1) is 23.2. The molecule has 1 saturated heterocycles. The van der Waals surface area contributed by atoms with Crippen molar-refractivity contribution in [3.8, 4) is 11.5 Å². The van der Waals surface area contributed by atoms with Crippen LogP contribution in [-0.2, 0) is 11.2 Å². The third-order valence-electron chi connectivity index (χ3n) is 7.37. The highest BCUT2D eigenvalue weighted by atomic mass is 19.1. The molecule has 2 N–H and O–H groups in total. The molecule has 2 atom stereocenters. The number of hydrogen-bond acceptors (Lipinski definition) is 5. The predicted molar refractivity (Wildman–Crippen MR) is 129 cm³/mol. The first-order chi connectivity index (χ1) is 16.7. The van der Waals surface area contributed by atoms with Crippen LogP contribution < -0.4 is 4.74 Å². The minimum atomic E-state index is -1.14. The van der Waals surface area contributed by atoms with Gasteiger partial charge >= 0.3 is 6.03 Å². The molecule has 1 aromatic heterocycles. The highest BCUT2D eigenvalue weighted by Crippen LogP contribution is 2.49. The van der Waals surface area contributed by atoms with Crippen LogP contribution in [0.15, 0.2) is 36.4 Å². The van der Waals surface area contributed by atoms with E-state index in [2.05, 4.69) is 4.98 Å². The van der Waals surface area contributed by atoms with Crippen LogP contribution in [0.25, 0.3) is 10.9 Å². The summed E-state index contributed by atoms with van der Waals surface area (Å²) in [6, 6.07) is 8.64. The number of carbonyl (C=O) groups is 2. The van der Waals surface area contributed by atoms with Gasteiger partial charge in [0.05, 0.1) is 7.11 Å². The van der Waals surface area contributed by atoms with Crippen molar-refractivity contribution in [2.45, 2.75) is 31.8 Å². The highest BCUT2D eigenvalue weighted by molar-refractivity contribution is 6.08. The number of phenols is 1. The van der Waals surface area contributed by atoms with Crippen molar-refractivity contribution >= 4 is 22.8 Å². The van der Waals surface area contributed by atoms with Crippen LogP contribution in [0.2, 0.25) is 0 Å². The van der Waals surface area contributed by atoms with Crippen LogP contribution in [0.3, 0.4) is 0 Å². The number of halogens is 1. The van der Waals surface area contributed by atoms with E-state index in [9.17, 15) is 19.1 Å². The van der Waals surface area contributed by atoms with E-state index in [1.54, 1.807) is 36.1 Å². The Bertz CT molecular complexity index is 1340. The number of methoxy groups -OCH3 is 1. The third kappa shape index (κ3) is 3.44. The second kappa shape index (κ2) is 8.27. The molecule has 2 unspecified atom stereocenters. The lowest BCUT2D eigenvalue weighted by Gasteiger charge is -2.42. The smallest absolute Gasteiger partial charge is 0.328 e. The molecule has 1 fully saturated rings. The van der Waals surface area contributed by atoms with Crippen LogP contribution in [0.5, 0.6) is 11.5 Å². The number of carbonyl (C=O) groups excluding carboxylic acids is 2. The fourth-order valence-corrected chi connectivity index (χ4v) is 5.34. The maximum absolute atomic E-state index is 14.5. The number of aromatic hydroxyl groups is 1. The maximum Gasteiger partial charge on any atom is 0.328 e. The summed E-state index contributed by atoms with van der Waals surface area (Å²) in [5.41, 5.74) is 1.61. The lowest BCUT2D eigenvalue weighted by molar-refractivity contribution is -0.133. The molecule has 3 aromatic rings. The number of aromatic amines is 1. The molecular weight excluding hydrogens is 451 g/mol. The van der Waals surface area contributed by atoms with Crippen molar-refractivity contribution in [3.05, 3.63) is 59.0 Å². The van der Waals surface area contributed by atoms with Crippen molar-refractivity contribution in [1.29, 1.82) is 0 Å². The van der Waals surface area contributed by atoms with Gasteiger partial charge in [0.25, 0.3) is 5.91 Å². The van der Waals surface area contributed by atoms with E-state index in [-0.39, 0.29) is 36.4 Å². The Balaban J connectivity index is 1.70. The number of hydrogen-bond donors (Lipinski definition) is 2. The number of ether oxygens (including phenoxy) is 1. The van der Waals surface area contributed by atoms with E-state index in [4.69, 9.17) is 4.74 Å². The van der Waals surface area contributed by atoms with Crippen molar-refractivity contribution in [2.75, 3.05) is 33.8 Å². The number of H-pyrrole nitrogens is 1. The first-order valence-electron chi connectivity index (χ1n) is 11.7. The number of amides is 3. The number of aromatic nitrogens is 1. The summed E-state index contributed by atoms with van der Waals surface area (Å²) in [6.07, 6.45) is 0.275. The third-order valence-corrected chi connectivity index (χ3v) is 7.37. The summed E-state index contributed by atoms with van der Waals surface area (Å²) in [5, 5.41) is 11.0. The van der Waals surface area contributed by atoms with Crippen LogP contribution >= 0.6 is 0 Å². The fraction of sp³-hybridized carbons (Fsp3) is 0.385. The molecule has 2 aliphatic rings. The summed E-state index contributed by atoms with van der Waals surface area (Å²) >= 11 is 0. The SMILES string of the molecule is CCN(C)CCN1C(=O)N2C(c3cccc(O)c3)c3[nH]c4cc(F)c(OC)cc4c3CC2(C)C1=O. The largest absolute Gasteiger partial charge is 0.508 e. The molecular formula is C26H29FN4O4. The summed E-state index contributed by atoms with van der Waals surface area (Å²) < 4.78 is 19.7. The lowest BCUT2D eigenvalue weighted by Crippen LogP contribution is -2.53. The molecule has 0 aliphatic carbocycles. The normalized spacial score (nSPS) is 21.7. The summed E-state index contributed by atoms with van der Waals surface area (Å²) in [7, 11) is 3.35. The zero-order valence-electron chi connectivity index (χ0n) is 20.3. The molecule has 3 amide bonds. The minimum Gasteiger partial charge on any atom is -0.508 e. The Morgan fingerprint density at radius 3 is 2.74 bits per heavy atom. The number of benzene rings is 2. The molecule has 8 nitrogen and oxygen atoms in total. The Morgan fingerprint density at radius 2 is 2.06 bits per heavy atom. The van der Waals surface area contributed by atoms with E-state index in [0.29, 0.717) is 23.3 Å². The van der Waals surface area contributed by atoms with Gasteiger partial charge in [-0.3, -0.25) is 14.6 Å². The van der Waals surface area contributed by atoms with Crippen molar-refractivity contribution in [1.82, 2.24) is 19.7 Å². The Labute approximate surface area is 202 Å². The molecule has 0 saturated carbocycles. The first-order valence-corrected chi connectivity index (χ1v) is 11.7. The van der Waals surface area contributed by atoms with Gasteiger partial charge in [-0.15, -0.1) is 0 Å². The minimum absolute atomic E-state index is 0.0551. The van der Waals surface area contributed by atoms with E-state index in [1.165, 1.54) is 18.1 Å². The van der Waals surface area contributed by atoms with Gasteiger partial charge in [-0.2, -0.15) is 0 Å². The molecule has 5 rings (SSSR count). The van der Waals surface area contributed by atoms with Crippen LogP contribution in [0, 0.1) is 5.82 Å². The number of imide groups is 1. The van der Waals surface area contributed by atoms with Crippen molar-refractivity contribution in [2.24, 2.45) is 0 Å². The molecule has 0 bridgehead atoms. The number of fused-ring (bicyclic) bond motifs is 4. The van der Waals surface area contributed by atoms with E-state index >= 15 is 0 Å². The van der Waals surface area contributed by atoms with Gasteiger partial charge in [-0.25, -0.2) is 9.18 Å². The van der Waals surface area contributed by atoms with E-state index in [1.807, 2.05) is 24.9 Å².